The predicted octanol–water partition coefficient (Wildman–Crippen LogP) is 3.36. The van der Waals surface area contributed by atoms with Gasteiger partial charge in [0.2, 0.25) is 0 Å². The Balaban J connectivity index is 3.19. The highest BCUT2D eigenvalue weighted by atomic mass is 35.5. The molecule has 0 aliphatic carbocycles. The lowest BCUT2D eigenvalue weighted by Crippen LogP contribution is -2.10. The van der Waals surface area contributed by atoms with Crippen LogP contribution in [0.1, 0.15) is 5.56 Å². The summed E-state index contributed by atoms with van der Waals surface area (Å²) < 4.78 is 36.6. The SMILES string of the molecule is C=C(c1cc(Cl)nnc1Cl)C(F)(F)F. The van der Waals surface area contributed by atoms with Crippen molar-refractivity contribution < 1.29 is 13.2 Å². The van der Waals surface area contributed by atoms with Crippen molar-refractivity contribution in [1.82, 2.24) is 10.2 Å². The Morgan fingerprint density at radius 3 is 2.36 bits per heavy atom. The first-order chi connectivity index (χ1) is 6.32. The second-order valence-electron chi connectivity index (χ2n) is 2.35. The normalized spacial score (nSPS) is 11.5. The van der Waals surface area contributed by atoms with Crippen LogP contribution in [-0.2, 0) is 0 Å². The second kappa shape index (κ2) is 3.74. The van der Waals surface area contributed by atoms with Gasteiger partial charge in [-0.2, -0.15) is 13.2 Å². The molecule has 0 spiro atoms. The summed E-state index contributed by atoms with van der Waals surface area (Å²) in [6.45, 7) is 2.86. The molecule has 1 rings (SSSR count). The molecule has 1 heterocycles. The van der Waals surface area contributed by atoms with Gasteiger partial charge >= 0.3 is 6.18 Å². The number of allylic oxidation sites excluding steroid dienone is 1. The number of aromatic nitrogens is 2. The van der Waals surface area contributed by atoms with E-state index >= 15 is 0 Å². The van der Waals surface area contributed by atoms with Gasteiger partial charge in [0, 0.05) is 5.56 Å². The molecule has 0 unspecified atom stereocenters. The lowest BCUT2D eigenvalue weighted by Gasteiger charge is -2.10. The Morgan fingerprint density at radius 1 is 1.29 bits per heavy atom. The van der Waals surface area contributed by atoms with E-state index < -0.39 is 11.7 Å². The van der Waals surface area contributed by atoms with Crippen molar-refractivity contribution in [2.75, 3.05) is 0 Å². The minimum Gasteiger partial charge on any atom is -0.166 e. The number of nitrogens with zero attached hydrogens (tertiary/aromatic N) is 2. The van der Waals surface area contributed by atoms with Crippen LogP contribution in [0.15, 0.2) is 12.6 Å². The Bertz CT molecular complexity index is 376. The molecular weight excluding hydrogens is 240 g/mol. The van der Waals surface area contributed by atoms with Gasteiger partial charge in [0.15, 0.2) is 10.3 Å². The molecule has 14 heavy (non-hydrogen) atoms. The van der Waals surface area contributed by atoms with Gasteiger partial charge in [0.25, 0.3) is 0 Å². The molecule has 0 saturated heterocycles. The number of hydrogen-bond acceptors (Lipinski definition) is 2. The third-order valence-corrected chi connectivity index (χ3v) is 1.85. The van der Waals surface area contributed by atoms with Gasteiger partial charge in [-0.15, -0.1) is 10.2 Å². The van der Waals surface area contributed by atoms with E-state index in [2.05, 4.69) is 16.8 Å². The van der Waals surface area contributed by atoms with Gasteiger partial charge in [0.1, 0.15) is 0 Å². The number of alkyl halides is 3. The van der Waals surface area contributed by atoms with E-state index in [1.165, 1.54) is 0 Å². The first-order valence-electron chi connectivity index (χ1n) is 3.27. The van der Waals surface area contributed by atoms with E-state index in [0.717, 1.165) is 6.07 Å². The summed E-state index contributed by atoms with van der Waals surface area (Å²) in [6.07, 6.45) is -4.56. The molecule has 0 N–H and O–H groups in total. The van der Waals surface area contributed by atoms with Crippen molar-refractivity contribution in [1.29, 1.82) is 0 Å². The van der Waals surface area contributed by atoms with Crippen molar-refractivity contribution >= 4 is 28.8 Å². The molecule has 0 aromatic carbocycles. The van der Waals surface area contributed by atoms with E-state index in [0.29, 0.717) is 0 Å². The van der Waals surface area contributed by atoms with Crippen molar-refractivity contribution in [3.05, 3.63) is 28.5 Å². The lowest BCUT2D eigenvalue weighted by molar-refractivity contribution is -0.0686. The van der Waals surface area contributed by atoms with Gasteiger partial charge in [0.05, 0.1) is 5.57 Å². The second-order valence-corrected chi connectivity index (χ2v) is 3.09. The van der Waals surface area contributed by atoms with E-state index in [1.54, 1.807) is 0 Å². The number of hydrogen-bond donors (Lipinski definition) is 0. The van der Waals surface area contributed by atoms with Crippen molar-refractivity contribution in [2.45, 2.75) is 6.18 Å². The third-order valence-electron chi connectivity index (χ3n) is 1.39. The van der Waals surface area contributed by atoms with E-state index in [-0.39, 0.29) is 15.9 Å². The summed E-state index contributed by atoms with van der Waals surface area (Å²) in [6, 6.07) is 0.965. The van der Waals surface area contributed by atoms with Crippen LogP contribution in [0.25, 0.3) is 5.57 Å². The Morgan fingerprint density at radius 2 is 1.86 bits per heavy atom. The molecule has 0 saturated carbocycles. The standard InChI is InChI=1S/C7H3Cl2F3N2/c1-3(7(10,11)12)4-2-5(8)13-14-6(4)9/h2H,1H2. The fourth-order valence-electron chi connectivity index (χ4n) is 0.717. The van der Waals surface area contributed by atoms with Gasteiger partial charge in [-0.1, -0.05) is 29.8 Å². The monoisotopic (exact) mass is 242 g/mol. The molecule has 0 bridgehead atoms. The summed E-state index contributed by atoms with van der Waals surface area (Å²) in [4.78, 5) is 0. The Kier molecular flexibility index (Phi) is 3.01. The average molecular weight is 243 g/mol. The average Bonchev–Trinajstić information content (AvgIpc) is 2.06. The summed E-state index contributed by atoms with van der Waals surface area (Å²) in [5.74, 6) is 0. The molecule has 0 amide bonds. The van der Waals surface area contributed by atoms with Crippen LogP contribution in [-0.4, -0.2) is 16.4 Å². The maximum atomic E-state index is 12.2. The zero-order valence-corrected chi connectivity index (χ0v) is 8.08. The molecule has 7 heteroatoms. The summed E-state index contributed by atoms with van der Waals surface area (Å²) in [5, 5.41) is 5.97. The van der Waals surface area contributed by atoms with Crippen LogP contribution < -0.4 is 0 Å². The molecule has 2 nitrogen and oxygen atoms in total. The highest BCUT2D eigenvalue weighted by Gasteiger charge is 2.34. The minimum atomic E-state index is -4.56. The van der Waals surface area contributed by atoms with Crippen LogP contribution >= 0.6 is 23.2 Å². The van der Waals surface area contributed by atoms with Gasteiger partial charge in [-0.05, 0) is 6.07 Å². The Hall–Kier alpha value is -0.810. The maximum Gasteiger partial charge on any atom is 0.416 e. The molecular formula is C7H3Cl2F3N2. The Labute approximate surface area is 87.3 Å². The van der Waals surface area contributed by atoms with Crippen LogP contribution in [0, 0.1) is 0 Å². The number of halogens is 5. The van der Waals surface area contributed by atoms with E-state index in [4.69, 9.17) is 23.2 Å². The molecule has 0 atom stereocenters. The van der Waals surface area contributed by atoms with Crippen LogP contribution in [0.2, 0.25) is 10.3 Å². The quantitative estimate of drug-likeness (QED) is 0.755. The van der Waals surface area contributed by atoms with Crippen LogP contribution in [0.3, 0.4) is 0 Å². The van der Waals surface area contributed by atoms with Crippen LogP contribution in [0.4, 0.5) is 13.2 Å². The van der Waals surface area contributed by atoms with Gasteiger partial charge < -0.3 is 0 Å². The smallest absolute Gasteiger partial charge is 0.166 e. The fraction of sp³-hybridized carbons (Fsp3) is 0.143. The molecule has 1 aromatic rings. The maximum absolute atomic E-state index is 12.2. The van der Waals surface area contributed by atoms with Gasteiger partial charge in [-0.25, -0.2) is 0 Å². The first-order valence-corrected chi connectivity index (χ1v) is 4.03. The van der Waals surface area contributed by atoms with Crippen molar-refractivity contribution in [3.8, 4) is 0 Å². The summed E-state index contributed by atoms with van der Waals surface area (Å²) >= 11 is 10.8. The molecule has 76 valence electrons. The van der Waals surface area contributed by atoms with E-state index in [9.17, 15) is 13.2 Å². The number of rotatable bonds is 1. The largest absolute Gasteiger partial charge is 0.416 e. The fourth-order valence-corrected chi connectivity index (χ4v) is 1.07. The summed E-state index contributed by atoms with van der Waals surface area (Å²) in [5.41, 5.74) is -1.46. The highest BCUT2D eigenvalue weighted by Crippen LogP contribution is 2.35. The first kappa shape index (κ1) is 11.3. The predicted molar refractivity (Wildman–Crippen MR) is 47.1 cm³/mol. The molecule has 0 fully saturated rings. The van der Waals surface area contributed by atoms with Crippen molar-refractivity contribution in [2.24, 2.45) is 0 Å². The molecule has 0 radical (unpaired) electrons. The molecule has 0 aliphatic heterocycles. The summed E-state index contributed by atoms with van der Waals surface area (Å²) in [7, 11) is 0. The topological polar surface area (TPSA) is 25.8 Å². The zero-order valence-electron chi connectivity index (χ0n) is 6.57. The third kappa shape index (κ3) is 2.36. The molecule has 0 aliphatic rings. The zero-order chi connectivity index (χ0) is 10.9. The minimum absolute atomic E-state index is 0.171. The molecule has 1 aromatic heterocycles. The lowest BCUT2D eigenvalue weighted by atomic mass is 10.1. The highest BCUT2D eigenvalue weighted by molar-refractivity contribution is 6.32. The van der Waals surface area contributed by atoms with E-state index in [1.807, 2.05) is 0 Å². The van der Waals surface area contributed by atoms with Crippen LogP contribution in [0.5, 0.6) is 0 Å². The van der Waals surface area contributed by atoms with Crippen molar-refractivity contribution in [3.63, 3.8) is 0 Å². The van der Waals surface area contributed by atoms with Gasteiger partial charge in [-0.3, -0.25) is 0 Å².